The van der Waals surface area contributed by atoms with E-state index in [2.05, 4.69) is 0 Å². The molecule has 0 radical (unpaired) electrons. The van der Waals surface area contributed by atoms with Crippen LogP contribution >= 0.6 is 7.52 Å². The lowest BCUT2D eigenvalue weighted by atomic mass is 10.0. The number of rotatable bonds is 9. The molecule has 146 valence electrons. The van der Waals surface area contributed by atoms with E-state index >= 15 is 0 Å². The van der Waals surface area contributed by atoms with Crippen molar-refractivity contribution in [3.63, 3.8) is 0 Å². The first-order chi connectivity index (χ1) is 12.1. The van der Waals surface area contributed by atoms with Crippen LogP contribution in [0, 0.1) is 5.92 Å². The third-order valence-corrected chi connectivity index (χ3v) is 5.97. The van der Waals surface area contributed by atoms with Crippen molar-refractivity contribution in [2.75, 3.05) is 20.9 Å². The number of ether oxygens (including phenoxy) is 1. The number of nitrogens with two attached hydrogens (primary N) is 1. The van der Waals surface area contributed by atoms with Crippen LogP contribution in [-0.2, 0) is 29.8 Å². The van der Waals surface area contributed by atoms with Crippen molar-refractivity contribution in [2.45, 2.75) is 38.8 Å². The minimum atomic E-state index is -3.57. The first-order valence-electron chi connectivity index (χ1n) is 8.48. The molecule has 26 heavy (non-hydrogen) atoms. The Balaban J connectivity index is 3.20. The van der Waals surface area contributed by atoms with Crippen molar-refractivity contribution in [3.8, 4) is 0 Å². The monoisotopic (exact) mass is 384 g/mol. The first-order valence-corrected chi connectivity index (χ1v) is 10.5. The van der Waals surface area contributed by atoms with E-state index in [4.69, 9.17) is 15.0 Å². The van der Waals surface area contributed by atoms with Gasteiger partial charge in [0.25, 0.3) is 7.52 Å². The van der Waals surface area contributed by atoms with Gasteiger partial charge in [0.2, 0.25) is 5.91 Å². The maximum Gasteiger partial charge on any atom is 0.329 e. The highest BCUT2D eigenvalue weighted by Crippen LogP contribution is 2.49. The fraction of sp³-hybridized carbons (Fsp3) is 0.556. The highest BCUT2D eigenvalue weighted by atomic mass is 31.2. The van der Waals surface area contributed by atoms with E-state index in [1.165, 1.54) is 20.9 Å². The Kier molecular flexibility index (Phi) is 8.47. The summed E-state index contributed by atoms with van der Waals surface area (Å²) in [5.74, 6) is -1.17. The van der Waals surface area contributed by atoms with Gasteiger partial charge in [-0.25, -0.2) is 4.79 Å². The van der Waals surface area contributed by atoms with Gasteiger partial charge in [0, 0.05) is 13.8 Å². The molecule has 7 nitrogen and oxygen atoms in total. The van der Waals surface area contributed by atoms with Crippen molar-refractivity contribution in [1.82, 2.24) is 4.67 Å². The van der Waals surface area contributed by atoms with Crippen LogP contribution in [0.15, 0.2) is 30.3 Å². The van der Waals surface area contributed by atoms with Gasteiger partial charge in [-0.3, -0.25) is 14.0 Å². The molecule has 1 aromatic rings. The van der Waals surface area contributed by atoms with Crippen molar-refractivity contribution >= 4 is 19.4 Å². The number of carbonyl (C=O) groups is 2. The van der Waals surface area contributed by atoms with Gasteiger partial charge in [-0.1, -0.05) is 44.2 Å². The van der Waals surface area contributed by atoms with E-state index in [1.54, 1.807) is 0 Å². The number of hydrogen-bond donors (Lipinski definition) is 1. The summed E-state index contributed by atoms with van der Waals surface area (Å²) in [6, 6.07) is 7.28. The number of carbonyl (C=O) groups excluding carboxylic acids is 2. The average molecular weight is 384 g/mol. The maximum absolute atomic E-state index is 13.0. The van der Waals surface area contributed by atoms with Gasteiger partial charge >= 0.3 is 5.97 Å². The van der Waals surface area contributed by atoms with Crippen LogP contribution in [0.2, 0.25) is 0 Å². The quantitative estimate of drug-likeness (QED) is 0.519. The third kappa shape index (κ3) is 5.94. The molecule has 0 heterocycles. The molecule has 0 aliphatic rings. The number of benzene rings is 1. The summed E-state index contributed by atoms with van der Waals surface area (Å²) < 4.78 is 23.8. The van der Waals surface area contributed by atoms with Gasteiger partial charge in [0.1, 0.15) is 6.04 Å². The summed E-state index contributed by atoms with van der Waals surface area (Å²) >= 11 is 0. The minimum Gasteiger partial charge on any atom is -0.467 e. The van der Waals surface area contributed by atoms with Crippen LogP contribution in [0.4, 0.5) is 0 Å². The SMILES string of the molecule is COC(=O)[C@H](CC(C)C)N(C(=O)[C@@H](N)Cc1ccccc1)P(C)(=O)OC. The second-order valence-electron chi connectivity index (χ2n) is 6.63. The predicted molar refractivity (Wildman–Crippen MR) is 101 cm³/mol. The third-order valence-electron chi connectivity index (χ3n) is 4.03. The molecule has 0 spiro atoms. The van der Waals surface area contributed by atoms with Crippen LogP contribution in [0.1, 0.15) is 25.8 Å². The highest BCUT2D eigenvalue weighted by Gasteiger charge is 2.42. The van der Waals surface area contributed by atoms with Crippen molar-refractivity contribution in [2.24, 2.45) is 11.7 Å². The van der Waals surface area contributed by atoms with E-state index in [0.717, 1.165) is 10.2 Å². The molecule has 0 aromatic heterocycles. The zero-order chi connectivity index (χ0) is 19.9. The molecule has 1 aromatic carbocycles. The number of nitrogens with zero attached hydrogens (tertiary/aromatic N) is 1. The first kappa shape index (κ1) is 22.4. The summed E-state index contributed by atoms with van der Waals surface area (Å²) in [4.78, 5) is 25.3. The predicted octanol–water partition coefficient (Wildman–Crippen LogP) is 2.44. The van der Waals surface area contributed by atoms with Crippen LogP contribution in [0.5, 0.6) is 0 Å². The van der Waals surface area contributed by atoms with Crippen molar-refractivity contribution in [1.29, 1.82) is 0 Å². The summed E-state index contributed by atoms with van der Waals surface area (Å²) in [5, 5.41) is 0. The van der Waals surface area contributed by atoms with Crippen LogP contribution in [0.25, 0.3) is 0 Å². The number of amides is 1. The van der Waals surface area contributed by atoms with Gasteiger partial charge in [0.05, 0.1) is 13.2 Å². The van der Waals surface area contributed by atoms with Crippen molar-refractivity contribution in [3.05, 3.63) is 35.9 Å². The van der Waals surface area contributed by atoms with Gasteiger partial charge in [-0.05, 0) is 24.3 Å². The molecule has 0 fully saturated rings. The molecular weight excluding hydrogens is 355 g/mol. The zero-order valence-corrected chi connectivity index (χ0v) is 16.9. The molecule has 8 heteroatoms. The van der Waals surface area contributed by atoms with Crippen LogP contribution in [0.3, 0.4) is 0 Å². The molecule has 0 saturated heterocycles. The van der Waals surface area contributed by atoms with E-state index in [9.17, 15) is 14.2 Å². The standard InChI is InChI=1S/C18H29N2O5P/c1-13(2)11-16(18(22)24-3)20(26(5,23)25-4)17(21)15(19)12-14-9-7-6-8-10-14/h6-10,13,15-16H,11-12,19H2,1-5H3/t15-,16-,26?/m0/s1. The van der Waals surface area contributed by atoms with E-state index in [1.807, 2.05) is 44.2 Å². The van der Waals surface area contributed by atoms with Gasteiger partial charge in [-0.15, -0.1) is 0 Å². The van der Waals surface area contributed by atoms with Gasteiger partial charge < -0.3 is 15.0 Å². The summed E-state index contributed by atoms with van der Waals surface area (Å²) in [6.45, 7) is 5.10. The van der Waals surface area contributed by atoms with E-state index in [0.29, 0.717) is 0 Å². The second kappa shape index (κ2) is 9.86. The fourth-order valence-corrected chi connectivity index (χ4v) is 4.05. The Morgan fingerprint density at radius 1 is 1.19 bits per heavy atom. The largest absolute Gasteiger partial charge is 0.467 e. The molecule has 1 unspecified atom stereocenters. The lowest BCUT2D eigenvalue weighted by Gasteiger charge is -2.35. The highest BCUT2D eigenvalue weighted by molar-refractivity contribution is 7.56. The molecule has 1 rings (SSSR count). The summed E-state index contributed by atoms with van der Waals surface area (Å²) in [5.41, 5.74) is 6.96. The lowest BCUT2D eigenvalue weighted by Crippen LogP contribution is -2.51. The molecule has 0 aliphatic heterocycles. The summed E-state index contributed by atoms with van der Waals surface area (Å²) in [7, 11) is -1.10. The van der Waals surface area contributed by atoms with E-state index in [-0.39, 0.29) is 18.8 Å². The number of methoxy groups -OCH3 is 1. The van der Waals surface area contributed by atoms with Gasteiger partial charge in [0.15, 0.2) is 0 Å². The van der Waals surface area contributed by atoms with Crippen LogP contribution in [-0.4, -0.2) is 49.5 Å². The van der Waals surface area contributed by atoms with Crippen molar-refractivity contribution < 1.29 is 23.4 Å². The number of esters is 1. The Morgan fingerprint density at radius 2 is 1.77 bits per heavy atom. The molecule has 3 atom stereocenters. The Morgan fingerprint density at radius 3 is 2.23 bits per heavy atom. The Hall–Kier alpha value is -1.69. The maximum atomic E-state index is 13.0. The normalized spacial score (nSPS) is 15.8. The molecule has 0 bridgehead atoms. The van der Waals surface area contributed by atoms with E-state index < -0.39 is 31.5 Å². The molecule has 1 amide bonds. The number of hydrogen-bond acceptors (Lipinski definition) is 6. The molecular formula is C18H29N2O5P. The Labute approximate surface area is 155 Å². The topological polar surface area (TPSA) is 98.9 Å². The van der Waals surface area contributed by atoms with Gasteiger partial charge in [-0.2, -0.15) is 0 Å². The average Bonchev–Trinajstić information content (AvgIpc) is 2.60. The molecule has 0 saturated carbocycles. The second-order valence-corrected chi connectivity index (χ2v) is 9.04. The zero-order valence-electron chi connectivity index (χ0n) is 16.0. The molecule has 2 N–H and O–H groups in total. The minimum absolute atomic E-state index is 0.0663. The Bertz CT molecular complexity index is 650. The van der Waals surface area contributed by atoms with Crippen LogP contribution < -0.4 is 5.73 Å². The lowest BCUT2D eigenvalue weighted by molar-refractivity contribution is -0.150. The summed E-state index contributed by atoms with van der Waals surface area (Å²) in [6.07, 6.45) is 0.549. The smallest absolute Gasteiger partial charge is 0.329 e. The molecule has 0 aliphatic carbocycles. The fourth-order valence-electron chi connectivity index (χ4n) is 2.68.